The van der Waals surface area contributed by atoms with Crippen LogP contribution in [0.25, 0.3) is 0 Å². The predicted octanol–water partition coefficient (Wildman–Crippen LogP) is 0.951. The summed E-state index contributed by atoms with van der Waals surface area (Å²) in [6, 6.07) is 1.82. The summed E-state index contributed by atoms with van der Waals surface area (Å²) >= 11 is 0. The van der Waals surface area contributed by atoms with E-state index in [2.05, 4.69) is 17.0 Å². The van der Waals surface area contributed by atoms with Crippen LogP contribution >= 0.6 is 0 Å². The average Bonchev–Trinajstić information content (AvgIpc) is 2.61. The number of carbonyl (C=O) groups excluding carboxylic acids is 1. The van der Waals surface area contributed by atoms with Gasteiger partial charge in [-0.1, -0.05) is 6.58 Å². The average molecular weight is 209 g/mol. The molecule has 0 bridgehead atoms. The predicted molar refractivity (Wildman–Crippen MR) is 57.5 cm³/mol. The summed E-state index contributed by atoms with van der Waals surface area (Å²) in [5.41, 5.74) is 0.391. The summed E-state index contributed by atoms with van der Waals surface area (Å²) in [7, 11) is 1.82. The number of carbonyl (C=O) groups is 1. The summed E-state index contributed by atoms with van der Waals surface area (Å²) in [6.07, 6.45) is 1.81. The number of nitrogens with one attached hydrogen (secondary N) is 1. The quantitative estimate of drug-likeness (QED) is 0.579. The minimum atomic E-state index is -0.374. The van der Waals surface area contributed by atoms with Crippen LogP contribution in [0.2, 0.25) is 0 Å². The maximum absolute atomic E-state index is 11.2. The Hall–Kier alpha value is -1.78. The molecule has 0 spiro atoms. The van der Waals surface area contributed by atoms with Gasteiger partial charge in [-0.15, -0.1) is 0 Å². The molecule has 0 saturated carbocycles. The van der Waals surface area contributed by atoms with Crippen molar-refractivity contribution in [2.45, 2.75) is 6.92 Å². The lowest BCUT2D eigenvalue weighted by Gasteiger charge is -2.05. The molecule has 82 valence electrons. The van der Waals surface area contributed by atoms with Crippen LogP contribution in [0.5, 0.6) is 0 Å². The third-order valence-corrected chi connectivity index (χ3v) is 1.76. The molecule has 0 radical (unpaired) electrons. The summed E-state index contributed by atoms with van der Waals surface area (Å²) < 4.78 is 6.47. The molecule has 0 unspecified atom stereocenters. The first kappa shape index (κ1) is 11.3. The first-order valence-electron chi connectivity index (χ1n) is 4.72. The Kier molecular flexibility index (Phi) is 3.91. The Morgan fingerprint density at radius 1 is 1.73 bits per heavy atom. The summed E-state index contributed by atoms with van der Waals surface area (Å²) in [6.45, 7) is 6.09. The van der Waals surface area contributed by atoms with Crippen molar-refractivity contribution in [2.75, 3.05) is 18.5 Å². The minimum Gasteiger partial charge on any atom is -0.463 e. The third kappa shape index (κ3) is 3.46. The Labute approximate surface area is 88.7 Å². The summed E-state index contributed by atoms with van der Waals surface area (Å²) in [5.74, 6) is 0.337. The van der Waals surface area contributed by atoms with Gasteiger partial charge >= 0.3 is 5.97 Å². The number of rotatable bonds is 5. The molecule has 0 aliphatic carbocycles. The maximum atomic E-state index is 11.2. The lowest BCUT2D eigenvalue weighted by Crippen LogP contribution is -2.15. The molecule has 15 heavy (non-hydrogen) atoms. The number of nitrogens with zero attached hydrogens (tertiary/aromatic N) is 2. The lowest BCUT2D eigenvalue weighted by molar-refractivity contribution is -0.138. The number of aryl methyl sites for hydroxylation is 1. The van der Waals surface area contributed by atoms with Gasteiger partial charge in [0.2, 0.25) is 0 Å². The number of hydrogen-bond acceptors (Lipinski definition) is 4. The van der Waals surface area contributed by atoms with Gasteiger partial charge in [0.25, 0.3) is 0 Å². The number of hydrogen-bond donors (Lipinski definition) is 1. The zero-order chi connectivity index (χ0) is 11.3. The molecule has 0 aromatic carbocycles. The van der Waals surface area contributed by atoms with Crippen LogP contribution in [0.15, 0.2) is 24.4 Å². The van der Waals surface area contributed by atoms with Gasteiger partial charge in [0.15, 0.2) is 0 Å². The van der Waals surface area contributed by atoms with Gasteiger partial charge < -0.3 is 10.1 Å². The number of esters is 1. The van der Waals surface area contributed by atoms with E-state index in [0.29, 0.717) is 24.5 Å². The monoisotopic (exact) mass is 209 g/mol. The Morgan fingerprint density at radius 3 is 3.00 bits per heavy atom. The van der Waals surface area contributed by atoms with Gasteiger partial charge in [-0.05, 0) is 6.92 Å². The normalized spacial score (nSPS) is 9.73. The van der Waals surface area contributed by atoms with Crippen LogP contribution in [0, 0.1) is 0 Å². The van der Waals surface area contributed by atoms with Crippen molar-refractivity contribution >= 4 is 11.8 Å². The Bertz CT molecular complexity index is 357. The molecule has 1 aromatic rings. The smallest absolute Gasteiger partial charge is 0.335 e. The maximum Gasteiger partial charge on any atom is 0.335 e. The van der Waals surface area contributed by atoms with Gasteiger partial charge in [0.05, 0.1) is 6.61 Å². The first-order chi connectivity index (χ1) is 7.13. The zero-order valence-electron chi connectivity index (χ0n) is 8.99. The van der Waals surface area contributed by atoms with Crippen LogP contribution < -0.4 is 5.32 Å². The van der Waals surface area contributed by atoms with Crippen molar-refractivity contribution in [1.29, 1.82) is 0 Å². The van der Waals surface area contributed by atoms with Gasteiger partial charge in [-0.3, -0.25) is 4.68 Å². The van der Waals surface area contributed by atoms with Crippen molar-refractivity contribution in [3.8, 4) is 0 Å². The second-order valence-corrected chi connectivity index (χ2v) is 3.05. The van der Waals surface area contributed by atoms with Gasteiger partial charge in [0, 0.05) is 31.4 Å². The fraction of sp³-hybridized carbons (Fsp3) is 0.400. The fourth-order valence-electron chi connectivity index (χ4n) is 1.01. The van der Waals surface area contributed by atoms with E-state index in [1.165, 1.54) is 0 Å². The topological polar surface area (TPSA) is 56.2 Å². The lowest BCUT2D eigenvalue weighted by atomic mass is 10.3. The molecular formula is C10H15N3O2. The van der Waals surface area contributed by atoms with Crippen LogP contribution in [0.3, 0.4) is 0 Å². The van der Waals surface area contributed by atoms with Crippen molar-refractivity contribution in [2.24, 2.45) is 7.05 Å². The minimum absolute atomic E-state index is 0.343. The first-order valence-corrected chi connectivity index (χ1v) is 4.72. The number of anilines is 1. The van der Waals surface area contributed by atoms with Crippen LogP contribution in [-0.4, -0.2) is 28.9 Å². The highest BCUT2D eigenvalue weighted by Crippen LogP contribution is 2.02. The van der Waals surface area contributed by atoms with Crippen molar-refractivity contribution < 1.29 is 9.53 Å². The highest BCUT2D eigenvalue weighted by molar-refractivity contribution is 5.88. The van der Waals surface area contributed by atoms with E-state index in [9.17, 15) is 4.79 Å². The molecule has 0 aliphatic rings. The molecule has 1 aromatic heterocycles. The standard InChI is InChI=1S/C10H15N3O2/c1-4-15-10(14)8(2)7-11-9-5-6-13(3)12-9/h5-6H,2,4,7H2,1,3H3,(H,11,12). The molecule has 0 saturated heterocycles. The van der Waals surface area contributed by atoms with Crippen LogP contribution in [-0.2, 0) is 16.6 Å². The SMILES string of the molecule is C=C(CNc1ccn(C)n1)C(=O)OCC. The molecule has 0 atom stereocenters. The van der Waals surface area contributed by atoms with Crippen LogP contribution in [0.1, 0.15) is 6.92 Å². The van der Waals surface area contributed by atoms with E-state index in [-0.39, 0.29) is 5.97 Å². The molecule has 5 nitrogen and oxygen atoms in total. The largest absolute Gasteiger partial charge is 0.463 e. The van der Waals surface area contributed by atoms with Crippen molar-refractivity contribution in [3.63, 3.8) is 0 Å². The van der Waals surface area contributed by atoms with Gasteiger partial charge in [-0.25, -0.2) is 4.79 Å². The van der Waals surface area contributed by atoms with Gasteiger partial charge in [-0.2, -0.15) is 5.10 Å². The third-order valence-electron chi connectivity index (χ3n) is 1.76. The molecule has 0 aliphatic heterocycles. The fourth-order valence-corrected chi connectivity index (χ4v) is 1.01. The second kappa shape index (κ2) is 5.19. The molecule has 0 fully saturated rings. The van der Waals surface area contributed by atoms with E-state index in [4.69, 9.17) is 4.74 Å². The molecule has 5 heteroatoms. The molecule has 1 N–H and O–H groups in total. The Balaban J connectivity index is 2.37. The summed E-state index contributed by atoms with van der Waals surface area (Å²) in [4.78, 5) is 11.2. The highest BCUT2D eigenvalue weighted by Gasteiger charge is 2.07. The van der Waals surface area contributed by atoms with Gasteiger partial charge in [0.1, 0.15) is 5.82 Å². The van der Waals surface area contributed by atoms with Crippen molar-refractivity contribution in [3.05, 3.63) is 24.4 Å². The molecule has 1 rings (SSSR count). The van der Waals surface area contributed by atoms with E-state index in [1.54, 1.807) is 11.6 Å². The Morgan fingerprint density at radius 2 is 2.47 bits per heavy atom. The van der Waals surface area contributed by atoms with E-state index in [0.717, 1.165) is 0 Å². The zero-order valence-corrected chi connectivity index (χ0v) is 8.99. The number of ether oxygens (including phenoxy) is 1. The van der Waals surface area contributed by atoms with Crippen LogP contribution in [0.4, 0.5) is 5.82 Å². The van der Waals surface area contributed by atoms with Crippen molar-refractivity contribution in [1.82, 2.24) is 9.78 Å². The highest BCUT2D eigenvalue weighted by atomic mass is 16.5. The summed E-state index contributed by atoms with van der Waals surface area (Å²) in [5, 5.41) is 7.07. The molecule has 1 heterocycles. The molecular weight excluding hydrogens is 194 g/mol. The van der Waals surface area contributed by atoms with E-state index in [1.807, 2.05) is 19.3 Å². The van der Waals surface area contributed by atoms with E-state index >= 15 is 0 Å². The second-order valence-electron chi connectivity index (χ2n) is 3.05. The number of aromatic nitrogens is 2. The van der Waals surface area contributed by atoms with E-state index < -0.39 is 0 Å². The molecule has 0 amide bonds.